The number of benzene rings is 2. The number of nitrogens with one attached hydrogen (secondary N) is 1. The summed E-state index contributed by atoms with van der Waals surface area (Å²) in [6.07, 6.45) is 0.753. The van der Waals surface area contributed by atoms with Crippen molar-refractivity contribution >= 4 is 5.91 Å². The van der Waals surface area contributed by atoms with Crippen LogP contribution in [-0.2, 0) is 17.8 Å². The average molecular weight is 352 g/mol. The van der Waals surface area contributed by atoms with Gasteiger partial charge in [-0.05, 0) is 35.1 Å². The SMILES string of the molecule is CN1C(=O)[C@@H](Cc2ccc(OCc3ccccc3)cc2)N[C@H]1C(C)(C)C. The van der Waals surface area contributed by atoms with Gasteiger partial charge < -0.3 is 9.64 Å². The number of carbonyl (C=O) groups is 1. The van der Waals surface area contributed by atoms with Gasteiger partial charge in [-0.3, -0.25) is 10.1 Å². The summed E-state index contributed by atoms with van der Waals surface area (Å²) < 4.78 is 5.83. The van der Waals surface area contributed by atoms with E-state index in [2.05, 4.69) is 26.1 Å². The molecule has 1 N–H and O–H groups in total. The minimum atomic E-state index is -0.166. The van der Waals surface area contributed by atoms with Gasteiger partial charge in [0.05, 0.1) is 12.2 Å². The van der Waals surface area contributed by atoms with Gasteiger partial charge >= 0.3 is 0 Å². The number of ether oxygens (including phenoxy) is 1. The fourth-order valence-corrected chi connectivity index (χ4v) is 3.42. The predicted molar refractivity (Wildman–Crippen MR) is 104 cm³/mol. The van der Waals surface area contributed by atoms with E-state index >= 15 is 0 Å². The predicted octanol–water partition coefficient (Wildman–Crippen LogP) is 3.61. The lowest BCUT2D eigenvalue weighted by atomic mass is 9.92. The van der Waals surface area contributed by atoms with Crippen molar-refractivity contribution in [1.82, 2.24) is 10.2 Å². The zero-order chi connectivity index (χ0) is 18.7. The zero-order valence-corrected chi connectivity index (χ0v) is 16.0. The van der Waals surface area contributed by atoms with Gasteiger partial charge in [0, 0.05) is 7.05 Å². The molecule has 1 aliphatic heterocycles. The Labute approximate surface area is 156 Å². The van der Waals surface area contributed by atoms with Crippen LogP contribution in [0.3, 0.4) is 0 Å². The van der Waals surface area contributed by atoms with E-state index < -0.39 is 0 Å². The first-order chi connectivity index (χ1) is 12.3. The second-order valence-corrected chi connectivity index (χ2v) is 8.06. The Balaban J connectivity index is 1.58. The standard InChI is InChI=1S/C22H28N2O2/c1-22(2,3)21-23-19(20(25)24(21)4)14-16-10-12-18(13-11-16)26-15-17-8-6-5-7-9-17/h5-13,19,21,23H,14-15H2,1-4H3/t19-,21-/m1/s1. The second kappa shape index (κ2) is 7.50. The third-order valence-electron chi connectivity index (χ3n) is 4.82. The van der Waals surface area contributed by atoms with Gasteiger partial charge in [0.15, 0.2) is 0 Å². The molecule has 2 atom stereocenters. The third kappa shape index (κ3) is 4.25. The lowest BCUT2D eigenvalue weighted by Gasteiger charge is -2.32. The highest BCUT2D eigenvalue weighted by atomic mass is 16.5. The number of rotatable bonds is 5. The highest BCUT2D eigenvalue weighted by Gasteiger charge is 2.42. The van der Waals surface area contributed by atoms with Crippen molar-refractivity contribution in [2.75, 3.05) is 7.05 Å². The van der Waals surface area contributed by atoms with E-state index in [-0.39, 0.29) is 23.5 Å². The topological polar surface area (TPSA) is 41.6 Å². The Bertz CT molecular complexity index is 735. The first kappa shape index (κ1) is 18.5. The van der Waals surface area contributed by atoms with E-state index in [0.29, 0.717) is 13.0 Å². The molecule has 1 aliphatic rings. The van der Waals surface area contributed by atoms with Crippen molar-refractivity contribution in [3.63, 3.8) is 0 Å². The van der Waals surface area contributed by atoms with Crippen molar-refractivity contribution in [3.05, 3.63) is 65.7 Å². The first-order valence-corrected chi connectivity index (χ1v) is 9.13. The maximum atomic E-state index is 12.5. The quantitative estimate of drug-likeness (QED) is 0.894. The molecule has 2 aromatic carbocycles. The number of likely N-dealkylation sites (N-methyl/N-ethyl adjacent to an activating group) is 1. The Morgan fingerprint density at radius 1 is 1.00 bits per heavy atom. The summed E-state index contributed by atoms with van der Waals surface area (Å²) in [5.41, 5.74) is 2.29. The first-order valence-electron chi connectivity index (χ1n) is 9.13. The Morgan fingerprint density at radius 2 is 1.65 bits per heavy atom. The van der Waals surface area contributed by atoms with E-state index in [9.17, 15) is 4.79 Å². The zero-order valence-electron chi connectivity index (χ0n) is 16.0. The number of amides is 1. The van der Waals surface area contributed by atoms with Gasteiger partial charge in [-0.1, -0.05) is 63.2 Å². The summed E-state index contributed by atoms with van der Waals surface area (Å²) in [4.78, 5) is 14.4. The number of hydrogen-bond donors (Lipinski definition) is 1. The molecule has 1 saturated heterocycles. The van der Waals surface area contributed by atoms with E-state index in [4.69, 9.17) is 4.74 Å². The summed E-state index contributed by atoms with van der Waals surface area (Å²) >= 11 is 0. The van der Waals surface area contributed by atoms with Crippen LogP contribution < -0.4 is 10.1 Å². The fraction of sp³-hybridized carbons (Fsp3) is 0.409. The molecular weight excluding hydrogens is 324 g/mol. The van der Waals surface area contributed by atoms with Gasteiger partial charge in [0.25, 0.3) is 0 Å². The maximum absolute atomic E-state index is 12.5. The highest BCUT2D eigenvalue weighted by Crippen LogP contribution is 2.27. The smallest absolute Gasteiger partial charge is 0.241 e. The summed E-state index contributed by atoms with van der Waals surface area (Å²) in [5.74, 6) is 1.00. The molecule has 0 bridgehead atoms. The van der Waals surface area contributed by atoms with Crippen LogP contribution in [0.5, 0.6) is 5.75 Å². The molecule has 138 valence electrons. The normalized spacial score (nSPS) is 20.5. The maximum Gasteiger partial charge on any atom is 0.241 e. The van der Waals surface area contributed by atoms with Gasteiger partial charge in [-0.15, -0.1) is 0 Å². The molecule has 0 aromatic heterocycles. The molecule has 4 heteroatoms. The highest BCUT2D eigenvalue weighted by molar-refractivity contribution is 5.84. The summed E-state index contributed by atoms with van der Waals surface area (Å²) in [6, 6.07) is 18.0. The largest absolute Gasteiger partial charge is 0.489 e. The molecule has 26 heavy (non-hydrogen) atoms. The van der Waals surface area contributed by atoms with Crippen molar-refractivity contribution in [3.8, 4) is 5.75 Å². The van der Waals surface area contributed by atoms with Crippen LogP contribution in [0.15, 0.2) is 54.6 Å². The van der Waals surface area contributed by atoms with Gasteiger partial charge in [-0.2, -0.15) is 0 Å². The molecule has 0 spiro atoms. The molecule has 4 nitrogen and oxygen atoms in total. The number of carbonyl (C=O) groups excluding carboxylic acids is 1. The van der Waals surface area contributed by atoms with Crippen molar-refractivity contribution in [2.45, 2.75) is 46.0 Å². The molecule has 2 aromatic rings. The summed E-state index contributed by atoms with van der Waals surface area (Å²) in [7, 11) is 1.88. The van der Waals surface area contributed by atoms with Crippen LogP contribution in [0, 0.1) is 5.41 Å². The van der Waals surface area contributed by atoms with E-state index in [1.165, 1.54) is 0 Å². The molecule has 0 radical (unpaired) electrons. The Morgan fingerprint density at radius 3 is 2.23 bits per heavy atom. The van der Waals surface area contributed by atoms with E-state index in [0.717, 1.165) is 16.9 Å². The van der Waals surface area contributed by atoms with Crippen molar-refractivity contribution in [1.29, 1.82) is 0 Å². The van der Waals surface area contributed by atoms with Gasteiger partial charge in [0.2, 0.25) is 5.91 Å². The van der Waals surface area contributed by atoms with Crippen LogP contribution in [0.25, 0.3) is 0 Å². The molecule has 1 heterocycles. The van der Waals surface area contributed by atoms with Crippen LogP contribution in [0.2, 0.25) is 0 Å². The second-order valence-electron chi connectivity index (χ2n) is 8.06. The molecule has 0 saturated carbocycles. The monoisotopic (exact) mass is 352 g/mol. The third-order valence-corrected chi connectivity index (χ3v) is 4.82. The minimum absolute atomic E-state index is 0.00823. The summed E-state index contributed by atoms with van der Waals surface area (Å²) in [5, 5.41) is 3.49. The average Bonchev–Trinajstić information content (AvgIpc) is 2.91. The fourth-order valence-electron chi connectivity index (χ4n) is 3.42. The molecule has 0 unspecified atom stereocenters. The van der Waals surface area contributed by atoms with Crippen molar-refractivity contribution in [2.24, 2.45) is 5.41 Å². The molecular formula is C22H28N2O2. The number of hydrogen-bond acceptors (Lipinski definition) is 3. The lowest BCUT2D eigenvalue weighted by molar-refractivity contribution is -0.129. The lowest BCUT2D eigenvalue weighted by Crippen LogP contribution is -2.45. The van der Waals surface area contributed by atoms with Gasteiger partial charge in [0.1, 0.15) is 12.4 Å². The molecule has 0 aliphatic carbocycles. The van der Waals surface area contributed by atoms with E-state index in [1.54, 1.807) is 0 Å². The minimum Gasteiger partial charge on any atom is -0.489 e. The Kier molecular flexibility index (Phi) is 5.33. The van der Waals surface area contributed by atoms with E-state index in [1.807, 2.05) is 66.5 Å². The van der Waals surface area contributed by atoms with Crippen LogP contribution in [0.1, 0.15) is 31.9 Å². The Hall–Kier alpha value is -2.33. The molecule has 1 fully saturated rings. The van der Waals surface area contributed by atoms with Crippen LogP contribution in [-0.4, -0.2) is 30.1 Å². The molecule has 1 amide bonds. The van der Waals surface area contributed by atoms with Crippen LogP contribution in [0.4, 0.5) is 0 Å². The molecule has 3 rings (SSSR count). The van der Waals surface area contributed by atoms with Crippen molar-refractivity contribution < 1.29 is 9.53 Å². The van der Waals surface area contributed by atoms with Crippen LogP contribution >= 0.6 is 0 Å². The van der Waals surface area contributed by atoms with Gasteiger partial charge in [-0.25, -0.2) is 0 Å². The summed E-state index contributed by atoms with van der Waals surface area (Å²) in [6.45, 7) is 7.00. The number of nitrogens with zero attached hydrogens (tertiary/aromatic N) is 1.